The van der Waals surface area contributed by atoms with Gasteiger partial charge in [-0.2, -0.15) is 0 Å². The summed E-state index contributed by atoms with van der Waals surface area (Å²) in [5.41, 5.74) is 11.8. The van der Waals surface area contributed by atoms with E-state index in [-0.39, 0.29) is 5.41 Å². The Morgan fingerprint density at radius 1 is 0.730 bits per heavy atom. The van der Waals surface area contributed by atoms with Gasteiger partial charge in [-0.25, -0.2) is 0 Å². The van der Waals surface area contributed by atoms with Crippen molar-refractivity contribution in [2.24, 2.45) is 0 Å². The minimum Gasteiger partial charge on any atom is -0.256 e. The number of aromatic nitrogens is 1. The molecule has 5 aromatic rings. The Kier molecular flexibility index (Phi) is 5.20. The summed E-state index contributed by atoms with van der Waals surface area (Å²) in [6, 6.07) is 26.0. The molecular weight excluding hydrogens is 462 g/mol. The third kappa shape index (κ3) is 3.60. The summed E-state index contributed by atoms with van der Waals surface area (Å²) in [4.78, 5) is 4.90. The van der Waals surface area contributed by atoms with Gasteiger partial charge in [0.2, 0.25) is 0 Å². The van der Waals surface area contributed by atoms with Crippen molar-refractivity contribution in [1.29, 1.82) is 0 Å². The first kappa shape index (κ1) is 22.9. The van der Waals surface area contributed by atoms with E-state index in [4.69, 9.17) is 4.98 Å². The lowest BCUT2D eigenvalue weighted by molar-refractivity contribution is 0.662. The number of aryl methyl sites for hydroxylation is 2. The average molecular weight is 496 g/mol. The molecule has 0 amide bonds. The van der Waals surface area contributed by atoms with Gasteiger partial charge in [-0.05, 0) is 99.5 Å². The molecule has 0 bridgehead atoms. The lowest BCUT2D eigenvalue weighted by Gasteiger charge is -2.23. The molecule has 1 aromatic heterocycles. The zero-order valence-corrected chi connectivity index (χ0v) is 23.3. The van der Waals surface area contributed by atoms with Crippen molar-refractivity contribution in [3.63, 3.8) is 0 Å². The SMILES string of the molecule is CC(C)[Si]c1ccc2c(c1)C(C)(C)c1cc3c(ccc4c(-c5ccc6c(c5)CCCC6)nccc43)cc1-2. The van der Waals surface area contributed by atoms with Gasteiger partial charge in [0.1, 0.15) is 0 Å². The normalized spacial score (nSPS) is 15.7. The average Bonchev–Trinajstić information content (AvgIpc) is 3.12. The van der Waals surface area contributed by atoms with Crippen LogP contribution in [0.4, 0.5) is 0 Å². The van der Waals surface area contributed by atoms with Crippen LogP contribution in [0, 0.1) is 0 Å². The Labute approximate surface area is 222 Å². The number of nitrogens with zero attached hydrogens (tertiary/aromatic N) is 1. The molecule has 0 unspecified atom stereocenters. The summed E-state index contributed by atoms with van der Waals surface area (Å²) in [6.07, 6.45) is 7.02. The maximum Gasteiger partial charge on any atom is 0.0837 e. The van der Waals surface area contributed by atoms with E-state index in [2.05, 4.69) is 94.4 Å². The molecule has 2 aliphatic carbocycles. The van der Waals surface area contributed by atoms with Crippen LogP contribution >= 0.6 is 0 Å². The van der Waals surface area contributed by atoms with E-state index in [1.54, 1.807) is 0 Å². The zero-order chi connectivity index (χ0) is 25.3. The second-order valence-corrected chi connectivity index (χ2v) is 13.8. The highest BCUT2D eigenvalue weighted by molar-refractivity contribution is 6.54. The first-order valence-corrected chi connectivity index (χ1v) is 14.9. The van der Waals surface area contributed by atoms with Crippen LogP contribution in [0.2, 0.25) is 5.54 Å². The van der Waals surface area contributed by atoms with E-state index < -0.39 is 0 Å². The Balaban J connectivity index is 1.40. The Bertz CT molecular complexity index is 1710. The van der Waals surface area contributed by atoms with Crippen molar-refractivity contribution in [2.75, 3.05) is 0 Å². The summed E-state index contributed by atoms with van der Waals surface area (Å²) >= 11 is 0. The van der Waals surface area contributed by atoms with Gasteiger partial charge in [0, 0.05) is 22.6 Å². The molecule has 0 fully saturated rings. The first-order chi connectivity index (χ1) is 17.9. The first-order valence-electron chi connectivity index (χ1n) is 13.8. The Hall–Kier alpha value is -3.23. The molecule has 0 saturated carbocycles. The number of benzene rings is 4. The van der Waals surface area contributed by atoms with Gasteiger partial charge in [0.25, 0.3) is 0 Å². The molecule has 0 saturated heterocycles. The minimum atomic E-state index is -0.00710. The molecular formula is C35H33NSi. The Morgan fingerprint density at radius 3 is 2.38 bits per heavy atom. The molecule has 2 aliphatic rings. The molecule has 4 aromatic carbocycles. The fraction of sp³-hybridized carbons (Fsp3) is 0.286. The van der Waals surface area contributed by atoms with Gasteiger partial charge in [-0.3, -0.25) is 4.98 Å². The highest BCUT2D eigenvalue weighted by atomic mass is 28.2. The third-order valence-corrected chi connectivity index (χ3v) is 9.85. The molecule has 2 radical (unpaired) electrons. The highest BCUT2D eigenvalue weighted by Gasteiger charge is 2.36. The molecule has 37 heavy (non-hydrogen) atoms. The van der Waals surface area contributed by atoms with Crippen LogP contribution in [-0.4, -0.2) is 14.5 Å². The molecule has 1 nitrogen and oxygen atoms in total. The molecule has 1 heterocycles. The lowest BCUT2D eigenvalue weighted by Crippen LogP contribution is -2.21. The van der Waals surface area contributed by atoms with Crippen molar-refractivity contribution in [2.45, 2.75) is 64.3 Å². The summed E-state index contributed by atoms with van der Waals surface area (Å²) in [6.45, 7) is 9.43. The van der Waals surface area contributed by atoms with E-state index >= 15 is 0 Å². The van der Waals surface area contributed by atoms with E-state index in [9.17, 15) is 0 Å². The van der Waals surface area contributed by atoms with Crippen LogP contribution in [0.5, 0.6) is 0 Å². The lowest BCUT2D eigenvalue weighted by atomic mass is 9.81. The number of fused-ring (bicyclic) bond motifs is 7. The summed E-state index contributed by atoms with van der Waals surface area (Å²) in [7, 11) is 0.856. The van der Waals surface area contributed by atoms with Crippen LogP contribution in [0.25, 0.3) is 43.9 Å². The minimum absolute atomic E-state index is 0.00710. The number of hydrogen-bond acceptors (Lipinski definition) is 1. The molecule has 0 aliphatic heterocycles. The maximum atomic E-state index is 4.90. The standard InChI is InChI=1S/C35H33NSi/c1-21(2)37-26-12-14-28-31-18-24-11-13-29-27(30(24)20-33(31)35(3,4)32(28)19-26)15-16-36-34(29)25-10-9-22-7-5-6-8-23(22)17-25/h9-21H,5-8H2,1-4H3. The van der Waals surface area contributed by atoms with Gasteiger partial charge in [0.05, 0.1) is 15.2 Å². The Morgan fingerprint density at radius 2 is 1.54 bits per heavy atom. The van der Waals surface area contributed by atoms with E-state index in [0.29, 0.717) is 5.54 Å². The van der Waals surface area contributed by atoms with E-state index in [0.717, 1.165) is 15.2 Å². The van der Waals surface area contributed by atoms with Crippen LogP contribution in [0.3, 0.4) is 0 Å². The van der Waals surface area contributed by atoms with Crippen LogP contribution in [-0.2, 0) is 18.3 Å². The fourth-order valence-electron chi connectivity index (χ4n) is 6.75. The quantitative estimate of drug-likeness (QED) is 0.181. The van der Waals surface area contributed by atoms with Crippen molar-refractivity contribution < 1.29 is 0 Å². The van der Waals surface area contributed by atoms with Crippen molar-refractivity contribution in [3.05, 3.63) is 95.2 Å². The summed E-state index contributed by atoms with van der Waals surface area (Å²) in [5.74, 6) is 0. The maximum absolute atomic E-state index is 4.90. The van der Waals surface area contributed by atoms with Gasteiger partial charge in [0.15, 0.2) is 0 Å². The van der Waals surface area contributed by atoms with Gasteiger partial charge in [-0.1, -0.05) is 80.9 Å². The largest absolute Gasteiger partial charge is 0.256 e. The number of pyridine rings is 1. The van der Waals surface area contributed by atoms with Crippen LogP contribution < -0.4 is 5.19 Å². The van der Waals surface area contributed by atoms with Crippen molar-refractivity contribution >= 4 is 36.3 Å². The van der Waals surface area contributed by atoms with Gasteiger partial charge < -0.3 is 0 Å². The summed E-state index contributed by atoms with van der Waals surface area (Å²) in [5, 5.41) is 6.68. The third-order valence-electron chi connectivity index (χ3n) is 8.63. The highest BCUT2D eigenvalue weighted by Crippen LogP contribution is 2.50. The van der Waals surface area contributed by atoms with E-state index in [1.165, 1.54) is 91.4 Å². The summed E-state index contributed by atoms with van der Waals surface area (Å²) < 4.78 is 0. The molecule has 2 heteroatoms. The zero-order valence-electron chi connectivity index (χ0n) is 22.3. The monoisotopic (exact) mass is 495 g/mol. The van der Waals surface area contributed by atoms with Crippen LogP contribution in [0.1, 0.15) is 62.8 Å². The van der Waals surface area contributed by atoms with Gasteiger partial charge in [-0.15, -0.1) is 0 Å². The van der Waals surface area contributed by atoms with Crippen molar-refractivity contribution in [3.8, 4) is 22.4 Å². The molecule has 0 N–H and O–H groups in total. The second-order valence-electron chi connectivity index (χ2n) is 11.8. The molecule has 0 atom stereocenters. The second kappa shape index (κ2) is 8.39. The smallest absolute Gasteiger partial charge is 0.0837 e. The number of hydrogen-bond donors (Lipinski definition) is 0. The topological polar surface area (TPSA) is 12.9 Å². The molecule has 7 rings (SSSR count). The molecule has 0 spiro atoms. The van der Waals surface area contributed by atoms with Crippen LogP contribution in [0.15, 0.2) is 72.9 Å². The van der Waals surface area contributed by atoms with Crippen molar-refractivity contribution in [1.82, 2.24) is 4.98 Å². The predicted octanol–water partition coefficient (Wildman–Crippen LogP) is 8.40. The number of rotatable bonds is 3. The van der Waals surface area contributed by atoms with Gasteiger partial charge >= 0.3 is 0 Å². The fourth-order valence-corrected chi connectivity index (χ4v) is 7.83. The predicted molar refractivity (Wildman–Crippen MR) is 159 cm³/mol. The van der Waals surface area contributed by atoms with E-state index in [1.807, 2.05) is 6.20 Å². The molecule has 182 valence electrons.